The summed E-state index contributed by atoms with van der Waals surface area (Å²) in [5.74, 6) is 0.828. The lowest BCUT2D eigenvalue weighted by atomic mass is 10.0. The van der Waals surface area contributed by atoms with E-state index in [1.807, 2.05) is 36.5 Å². The first-order chi connectivity index (χ1) is 14.7. The summed E-state index contributed by atoms with van der Waals surface area (Å²) in [6, 6.07) is 20.4. The molecule has 0 spiro atoms. The van der Waals surface area contributed by atoms with Crippen molar-refractivity contribution >= 4 is 6.08 Å². The van der Waals surface area contributed by atoms with E-state index in [9.17, 15) is 4.39 Å². The highest BCUT2D eigenvalue weighted by molar-refractivity contribution is 5.68. The van der Waals surface area contributed by atoms with Crippen molar-refractivity contribution in [3.8, 4) is 28.1 Å². The summed E-state index contributed by atoms with van der Waals surface area (Å²) >= 11 is 0. The molecule has 0 aliphatic carbocycles. The Balaban J connectivity index is 1.60. The van der Waals surface area contributed by atoms with E-state index >= 15 is 0 Å². The van der Waals surface area contributed by atoms with Crippen LogP contribution < -0.4 is 4.74 Å². The van der Waals surface area contributed by atoms with Crippen LogP contribution in [0.25, 0.3) is 28.5 Å². The van der Waals surface area contributed by atoms with Crippen molar-refractivity contribution in [2.45, 2.75) is 32.4 Å². The number of nitrogens with zero attached hydrogens (tertiary/aromatic N) is 1. The number of hydrogen-bond acceptors (Lipinski definition) is 2. The minimum absolute atomic E-state index is 0.503. The quantitative estimate of drug-likeness (QED) is 0.259. The van der Waals surface area contributed by atoms with Crippen molar-refractivity contribution in [2.24, 2.45) is 0 Å². The van der Waals surface area contributed by atoms with E-state index < -0.39 is 6.17 Å². The second-order valence-corrected chi connectivity index (χ2v) is 7.29. The van der Waals surface area contributed by atoms with E-state index in [2.05, 4.69) is 54.0 Å². The highest BCUT2D eigenvalue weighted by atomic mass is 19.1. The Bertz CT molecular complexity index is 942. The summed E-state index contributed by atoms with van der Waals surface area (Å²) in [5, 5.41) is 0. The Labute approximate surface area is 178 Å². The number of hydrogen-bond donors (Lipinski definition) is 0. The third-order valence-corrected chi connectivity index (χ3v) is 4.81. The molecular formula is C27H28FNO. The predicted octanol–water partition coefficient (Wildman–Crippen LogP) is 7.52. The molecular weight excluding hydrogens is 373 g/mol. The molecule has 0 fully saturated rings. The molecule has 154 valence electrons. The molecule has 0 saturated carbocycles. The van der Waals surface area contributed by atoms with Crippen molar-refractivity contribution in [1.29, 1.82) is 0 Å². The first kappa shape index (κ1) is 21.5. The summed E-state index contributed by atoms with van der Waals surface area (Å²) in [6.07, 6.45) is 9.52. The predicted molar refractivity (Wildman–Crippen MR) is 124 cm³/mol. The van der Waals surface area contributed by atoms with Gasteiger partial charge in [0, 0.05) is 17.3 Å². The zero-order valence-corrected chi connectivity index (χ0v) is 17.4. The number of allylic oxidation sites excluding steroid dienone is 1. The van der Waals surface area contributed by atoms with Crippen LogP contribution >= 0.6 is 0 Å². The number of pyridine rings is 1. The average molecular weight is 402 g/mol. The number of ether oxygens (including phenoxy) is 1. The Hall–Kier alpha value is -3.20. The van der Waals surface area contributed by atoms with Crippen molar-refractivity contribution in [1.82, 2.24) is 4.98 Å². The molecule has 3 aromatic rings. The minimum Gasteiger partial charge on any atom is -0.490 e. The summed E-state index contributed by atoms with van der Waals surface area (Å²) in [7, 11) is 0. The molecule has 0 aliphatic rings. The van der Waals surface area contributed by atoms with Crippen LogP contribution in [0, 0.1) is 0 Å². The molecule has 0 saturated heterocycles. The SMILES string of the molecule is C=CCOc1ccc(-c2ccc(-c3ccc(C=CCCCC(C)F)cc3)nc2)cc1. The third-order valence-electron chi connectivity index (χ3n) is 4.81. The zero-order chi connectivity index (χ0) is 21.2. The molecule has 30 heavy (non-hydrogen) atoms. The minimum atomic E-state index is -0.715. The molecule has 1 atom stereocenters. The monoisotopic (exact) mass is 401 g/mol. The van der Waals surface area contributed by atoms with Gasteiger partial charge >= 0.3 is 0 Å². The van der Waals surface area contributed by atoms with Crippen LogP contribution in [0.2, 0.25) is 0 Å². The van der Waals surface area contributed by atoms with E-state index in [1.165, 1.54) is 0 Å². The van der Waals surface area contributed by atoms with Crippen molar-refractivity contribution in [3.63, 3.8) is 0 Å². The maximum Gasteiger partial charge on any atom is 0.119 e. The number of unbranched alkanes of at least 4 members (excludes halogenated alkanes) is 1. The van der Waals surface area contributed by atoms with Crippen molar-refractivity contribution in [3.05, 3.63) is 91.2 Å². The number of alkyl halides is 1. The largest absolute Gasteiger partial charge is 0.490 e. The van der Waals surface area contributed by atoms with E-state index in [0.717, 1.165) is 46.5 Å². The second kappa shape index (κ2) is 11.1. The molecule has 0 aliphatic heterocycles. The molecule has 0 amide bonds. The van der Waals surface area contributed by atoms with Crippen LogP contribution in [0.3, 0.4) is 0 Å². The van der Waals surface area contributed by atoms with Gasteiger partial charge in [-0.25, -0.2) is 4.39 Å². The van der Waals surface area contributed by atoms with Gasteiger partial charge in [0.25, 0.3) is 0 Å². The van der Waals surface area contributed by atoms with Crippen LogP contribution in [-0.2, 0) is 0 Å². The Morgan fingerprint density at radius 2 is 1.67 bits per heavy atom. The summed E-state index contributed by atoms with van der Waals surface area (Å²) in [4.78, 5) is 4.63. The van der Waals surface area contributed by atoms with Gasteiger partial charge in [-0.2, -0.15) is 0 Å². The van der Waals surface area contributed by atoms with Crippen LogP contribution in [-0.4, -0.2) is 17.8 Å². The van der Waals surface area contributed by atoms with E-state index in [-0.39, 0.29) is 0 Å². The second-order valence-electron chi connectivity index (χ2n) is 7.29. The normalized spacial score (nSPS) is 12.1. The van der Waals surface area contributed by atoms with E-state index in [4.69, 9.17) is 4.74 Å². The maximum absolute atomic E-state index is 12.8. The van der Waals surface area contributed by atoms with Gasteiger partial charge in [0.2, 0.25) is 0 Å². The molecule has 2 aromatic carbocycles. The first-order valence-electron chi connectivity index (χ1n) is 10.4. The van der Waals surface area contributed by atoms with Gasteiger partial charge in [0.1, 0.15) is 12.4 Å². The van der Waals surface area contributed by atoms with Gasteiger partial charge in [-0.15, -0.1) is 0 Å². The van der Waals surface area contributed by atoms with E-state index in [1.54, 1.807) is 13.0 Å². The highest BCUT2D eigenvalue weighted by Gasteiger charge is 2.03. The lowest BCUT2D eigenvalue weighted by Gasteiger charge is -2.07. The van der Waals surface area contributed by atoms with Gasteiger partial charge in [0.05, 0.1) is 11.9 Å². The van der Waals surface area contributed by atoms with Crippen molar-refractivity contribution in [2.75, 3.05) is 6.61 Å². The van der Waals surface area contributed by atoms with Crippen LogP contribution in [0.4, 0.5) is 4.39 Å². The standard InChI is InChI=1S/C27H28FNO/c1-3-19-30-26-16-13-23(14-17-26)25-15-18-27(29-20-25)24-11-9-22(10-12-24)8-6-4-5-7-21(2)28/h3,6,8-18,20-21H,1,4-5,7,19H2,2H3. The van der Waals surface area contributed by atoms with Gasteiger partial charge in [-0.05, 0) is 55.5 Å². The molecule has 3 heteroatoms. The zero-order valence-electron chi connectivity index (χ0n) is 17.4. The van der Waals surface area contributed by atoms with Crippen molar-refractivity contribution < 1.29 is 9.13 Å². The molecule has 0 radical (unpaired) electrons. The molecule has 0 N–H and O–H groups in total. The first-order valence-corrected chi connectivity index (χ1v) is 10.4. The Morgan fingerprint density at radius 1 is 0.967 bits per heavy atom. The number of halogens is 1. The van der Waals surface area contributed by atoms with Gasteiger partial charge < -0.3 is 4.74 Å². The van der Waals surface area contributed by atoms with Gasteiger partial charge in [-0.1, -0.05) is 67.3 Å². The lowest BCUT2D eigenvalue weighted by molar-refractivity contribution is 0.335. The van der Waals surface area contributed by atoms with Crippen LogP contribution in [0.15, 0.2) is 85.6 Å². The van der Waals surface area contributed by atoms with Crippen LogP contribution in [0.1, 0.15) is 31.7 Å². The molecule has 1 heterocycles. The molecule has 3 rings (SSSR count). The van der Waals surface area contributed by atoms with Crippen LogP contribution in [0.5, 0.6) is 5.75 Å². The molecule has 1 unspecified atom stereocenters. The fourth-order valence-corrected chi connectivity index (χ4v) is 3.14. The molecule has 0 bridgehead atoms. The smallest absolute Gasteiger partial charge is 0.119 e. The van der Waals surface area contributed by atoms with Gasteiger partial charge in [0.15, 0.2) is 0 Å². The molecule has 1 aromatic heterocycles. The number of rotatable bonds is 10. The fraction of sp³-hybridized carbons (Fsp3) is 0.222. The van der Waals surface area contributed by atoms with Gasteiger partial charge in [-0.3, -0.25) is 4.98 Å². The highest BCUT2D eigenvalue weighted by Crippen LogP contribution is 2.25. The topological polar surface area (TPSA) is 22.1 Å². The fourth-order valence-electron chi connectivity index (χ4n) is 3.14. The number of aromatic nitrogens is 1. The summed E-state index contributed by atoms with van der Waals surface area (Å²) < 4.78 is 18.3. The Kier molecular flexibility index (Phi) is 7.96. The lowest BCUT2D eigenvalue weighted by Crippen LogP contribution is -1.92. The number of benzene rings is 2. The third kappa shape index (κ3) is 6.41. The molecule has 2 nitrogen and oxygen atoms in total. The Morgan fingerprint density at radius 3 is 2.30 bits per heavy atom. The average Bonchev–Trinajstić information content (AvgIpc) is 2.78. The summed E-state index contributed by atoms with van der Waals surface area (Å²) in [6.45, 7) is 5.77. The van der Waals surface area contributed by atoms with E-state index in [0.29, 0.717) is 13.0 Å². The summed E-state index contributed by atoms with van der Waals surface area (Å²) in [5.41, 5.74) is 5.33. The maximum atomic E-state index is 12.8.